The van der Waals surface area contributed by atoms with Gasteiger partial charge in [-0.15, -0.1) is 0 Å². The van der Waals surface area contributed by atoms with Gasteiger partial charge in [-0.3, -0.25) is 4.99 Å². The summed E-state index contributed by atoms with van der Waals surface area (Å²) in [5.41, 5.74) is -0.585. The molecular formula is C16H28N6O. The van der Waals surface area contributed by atoms with Crippen LogP contribution in [0.1, 0.15) is 50.2 Å². The number of aliphatic imine (C=N–C) groups is 1. The Balaban J connectivity index is 1.52. The standard InChI is InChI=1S/C16H28N6O/c1-12-19-14-7-6-13(10-22(14)21-12)20-15(17-2)18-11-16(23)8-4-3-5-9-16/h13,23H,3-11H2,1-2H3,(H2,17,18,20). The molecule has 1 aliphatic heterocycles. The molecule has 1 aromatic rings. The lowest BCUT2D eigenvalue weighted by molar-refractivity contribution is 0.00854. The fourth-order valence-electron chi connectivity index (χ4n) is 3.57. The van der Waals surface area contributed by atoms with Crippen LogP contribution >= 0.6 is 0 Å². The van der Waals surface area contributed by atoms with Gasteiger partial charge in [0.1, 0.15) is 11.6 Å². The van der Waals surface area contributed by atoms with Gasteiger partial charge >= 0.3 is 0 Å². The number of rotatable bonds is 3. The average Bonchev–Trinajstić information content (AvgIpc) is 2.91. The molecule has 0 amide bonds. The minimum atomic E-state index is -0.585. The third-order valence-electron chi connectivity index (χ3n) is 4.90. The maximum atomic E-state index is 10.6. The molecule has 3 N–H and O–H groups in total. The van der Waals surface area contributed by atoms with Gasteiger partial charge < -0.3 is 15.7 Å². The van der Waals surface area contributed by atoms with Gasteiger partial charge in [0.05, 0.1) is 12.1 Å². The van der Waals surface area contributed by atoms with E-state index in [9.17, 15) is 5.11 Å². The molecule has 1 aromatic heterocycles. The largest absolute Gasteiger partial charge is 0.388 e. The first-order valence-corrected chi connectivity index (χ1v) is 8.68. The number of nitrogens with one attached hydrogen (secondary N) is 2. The Bertz CT molecular complexity index is 561. The zero-order valence-corrected chi connectivity index (χ0v) is 14.2. The normalized spacial score (nSPS) is 24.1. The number of hydrogen-bond acceptors (Lipinski definition) is 4. The molecule has 0 aromatic carbocycles. The molecule has 1 saturated carbocycles. The Kier molecular flexibility index (Phi) is 4.84. The second-order valence-corrected chi connectivity index (χ2v) is 6.85. The fourth-order valence-corrected chi connectivity index (χ4v) is 3.57. The van der Waals surface area contributed by atoms with Gasteiger partial charge in [-0.1, -0.05) is 19.3 Å². The van der Waals surface area contributed by atoms with Gasteiger partial charge in [-0.2, -0.15) is 5.10 Å². The number of aryl methyl sites for hydroxylation is 2. The second-order valence-electron chi connectivity index (χ2n) is 6.85. The second kappa shape index (κ2) is 6.86. The molecule has 1 unspecified atom stereocenters. The number of nitrogens with zero attached hydrogens (tertiary/aromatic N) is 4. The summed E-state index contributed by atoms with van der Waals surface area (Å²) in [6, 6.07) is 0.288. The highest BCUT2D eigenvalue weighted by Gasteiger charge is 2.29. The van der Waals surface area contributed by atoms with E-state index in [4.69, 9.17) is 0 Å². The average molecular weight is 320 g/mol. The summed E-state index contributed by atoms with van der Waals surface area (Å²) in [5, 5.41) is 21.8. The Morgan fingerprint density at radius 3 is 2.91 bits per heavy atom. The molecule has 7 heteroatoms. The third kappa shape index (κ3) is 4.02. The van der Waals surface area contributed by atoms with Crippen molar-refractivity contribution in [2.24, 2.45) is 4.99 Å². The van der Waals surface area contributed by atoms with E-state index in [1.165, 1.54) is 6.42 Å². The Morgan fingerprint density at radius 1 is 1.39 bits per heavy atom. The van der Waals surface area contributed by atoms with E-state index in [0.717, 1.165) is 62.7 Å². The van der Waals surface area contributed by atoms with Crippen LogP contribution in [0.5, 0.6) is 0 Å². The predicted molar refractivity (Wildman–Crippen MR) is 89.4 cm³/mol. The van der Waals surface area contributed by atoms with Crippen molar-refractivity contribution in [2.75, 3.05) is 13.6 Å². The molecule has 23 heavy (non-hydrogen) atoms. The van der Waals surface area contributed by atoms with E-state index >= 15 is 0 Å². The lowest BCUT2D eigenvalue weighted by Gasteiger charge is -2.33. The topological polar surface area (TPSA) is 87.4 Å². The third-order valence-corrected chi connectivity index (χ3v) is 4.90. The van der Waals surface area contributed by atoms with Crippen molar-refractivity contribution in [3.63, 3.8) is 0 Å². The van der Waals surface area contributed by atoms with Crippen LogP contribution in [0, 0.1) is 6.92 Å². The van der Waals surface area contributed by atoms with Crippen LogP contribution in [0.2, 0.25) is 0 Å². The first-order chi connectivity index (χ1) is 11.1. The Morgan fingerprint density at radius 2 is 2.17 bits per heavy atom. The van der Waals surface area contributed by atoms with Crippen LogP contribution in [0.4, 0.5) is 0 Å². The molecule has 1 atom stereocenters. The van der Waals surface area contributed by atoms with Crippen LogP contribution in [-0.2, 0) is 13.0 Å². The van der Waals surface area contributed by atoms with Gasteiger partial charge in [0.15, 0.2) is 5.96 Å². The highest BCUT2D eigenvalue weighted by atomic mass is 16.3. The number of aliphatic hydroxyl groups is 1. The van der Waals surface area contributed by atoms with Crippen molar-refractivity contribution < 1.29 is 5.11 Å². The molecule has 2 aliphatic rings. The van der Waals surface area contributed by atoms with E-state index < -0.39 is 5.60 Å². The molecule has 0 radical (unpaired) electrons. The van der Waals surface area contributed by atoms with E-state index in [-0.39, 0.29) is 6.04 Å². The van der Waals surface area contributed by atoms with Crippen molar-refractivity contribution >= 4 is 5.96 Å². The van der Waals surface area contributed by atoms with Gasteiger partial charge in [-0.05, 0) is 26.2 Å². The van der Waals surface area contributed by atoms with Crippen LogP contribution in [0.3, 0.4) is 0 Å². The first-order valence-electron chi connectivity index (χ1n) is 8.68. The van der Waals surface area contributed by atoms with Crippen molar-refractivity contribution in [1.82, 2.24) is 25.4 Å². The van der Waals surface area contributed by atoms with E-state index in [1.807, 2.05) is 11.6 Å². The molecule has 1 aliphatic carbocycles. The summed E-state index contributed by atoms with van der Waals surface area (Å²) in [7, 11) is 1.77. The smallest absolute Gasteiger partial charge is 0.191 e. The lowest BCUT2D eigenvalue weighted by Crippen LogP contribution is -2.51. The first kappa shape index (κ1) is 16.2. The molecule has 0 spiro atoms. The van der Waals surface area contributed by atoms with E-state index in [2.05, 4.69) is 25.7 Å². The summed E-state index contributed by atoms with van der Waals surface area (Å²) in [6.07, 6.45) is 7.16. The van der Waals surface area contributed by atoms with Crippen molar-refractivity contribution in [3.05, 3.63) is 11.6 Å². The minimum absolute atomic E-state index is 0.288. The van der Waals surface area contributed by atoms with Gasteiger partial charge in [0.2, 0.25) is 0 Å². The minimum Gasteiger partial charge on any atom is -0.388 e. The highest BCUT2D eigenvalue weighted by molar-refractivity contribution is 5.80. The number of aromatic nitrogens is 3. The maximum Gasteiger partial charge on any atom is 0.191 e. The van der Waals surface area contributed by atoms with Gasteiger partial charge in [0, 0.05) is 26.1 Å². The maximum absolute atomic E-state index is 10.6. The Labute approximate surface area is 137 Å². The molecule has 3 rings (SSSR count). The van der Waals surface area contributed by atoms with Crippen LogP contribution in [0.15, 0.2) is 4.99 Å². The van der Waals surface area contributed by atoms with Crippen LogP contribution in [0.25, 0.3) is 0 Å². The predicted octanol–water partition coefficient (Wildman–Crippen LogP) is 0.762. The molecule has 7 nitrogen and oxygen atoms in total. The summed E-state index contributed by atoms with van der Waals surface area (Å²) in [6.45, 7) is 3.30. The van der Waals surface area contributed by atoms with Crippen LogP contribution < -0.4 is 10.6 Å². The van der Waals surface area contributed by atoms with Crippen LogP contribution in [-0.4, -0.2) is 51.1 Å². The molecule has 1 fully saturated rings. The van der Waals surface area contributed by atoms with Crippen molar-refractivity contribution in [1.29, 1.82) is 0 Å². The summed E-state index contributed by atoms with van der Waals surface area (Å²) in [5.74, 6) is 2.66. The quantitative estimate of drug-likeness (QED) is 0.565. The fraction of sp³-hybridized carbons (Fsp3) is 0.812. The zero-order chi connectivity index (χ0) is 16.3. The lowest BCUT2D eigenvalue weighted by atomic mass is 9.85. The van der Waals surface area contributed by atoms with Crippen molar-refractivity contribution in [3.8, 4) is 0 Å². The molecule has 0 saturated heterocycles. The number of fused-ring (bicyclic) bond motifs is 1. The summed E-state index contributed by atoms with van der Waals surface area (Å²) < 4.78 is 1.98. The van der Waals surface area contributed by atoms with Gasteiger partial charge in [-0.25, -0.2) is 9.67 Å². The van der Waals surface area contributed by atoms with Gasteiger partial charge in [0.25, 0.3) is 0 Å². The van der Waals surface area contributed by atoms with E-state index in [0.29, 0.717) is 6.54 Å². The molecule has 0 bridgehead atoms. The SMILES string of the molecule is CN=C(NCC1(O)CCCCC1)NC1CCc2nc(C)nn2C1. The highest BCUT2D eigenvalue weighted by Crippen LogP contribution is 2.27. The molecule has 128 valence electrons. The summed E-state index contributed by atoms with van der Waals surface area (Å²) >= 11 is 0. The monoisotopic (exact) mass is 320 g/mol. The molecular weight excluding hydrogens is 292 g/mol. The zero-order valence-electron chi connectivity index (χ0n) is 14.2. The summed E-state index contributed by atoms with van der Waals surface area (Å²) in [4.78, 5) is 8.73. The number of hydrogen-bond donors (Lipinski definition) is 3. The molecule has 2 heterocycles. The number of guanidine groups is 1. The Hall–Kier alpha value is -1.63. The van der Waals surface area contributed by atoms with E-state index in [1.54, 1.807) is 7.05 Å². The van der Waals surface area contributed by atoms with Crippen molar-refractivity contribution in [2.45, 2.75) is 70.1 Å².